The molecular weight excluding hydrogens is 257 g/mol. The predicted octanol–water partition coefficient (Wildman–Crippen LogP) is 3.95. The van der Waals surface area contributed by atoms with E-state index >= 15 is 0 Å². The number of halogens is 3. The van der Waals surface area contributed by atoms with Gasteiger partial charge in [-0.25, -0.2) is 13.2 Å². The molecule has 0 aliphatic heterocycles. The first-order valence-corrected chi connectivity index (χ1v) is 5.58. The number of ether oxygens (including phenoxy) is 1. The summed E-state index contributed by atoms with van der Waals surface area (Å²) in [6, 6.07) is 6.72. The van der Waals surface area contributed by atoms with E-state index in [1.807, 2.05) is 0 Å². The van der Waals surface area contributed by atoms with Gasteiger partial charge in [0.15, 0.2) is 11.6 Å². The number of benzene rings is 2. The van der Waals surface area contributed by atoms with E-state index in [1.165, 1.54) is 19.1 Å². The van der Waals surface area contributed by atoms with Gasteiger partial charge in [0.1, 0.15) is 17.4 Å². The van der Waals surface area contributed by atoms with Crippen LogP contribution in [0.1, 0.15) is 18.6 Å². The molecule has 0 fully saturated rings. The summed E-state index contributed by atoms with van der Waals surface area (Å²) in [7, 11) is 0. The molecule has 0 heterocycles. The minimum Gasteiger partial charge on any atom is -0.454 e. The molecular formula is C14H11F3O2. The van der Waals surface area contributed by atoms with Crippen LogP contribution in [0.4, 0.5) is 13.2 Å². The summed E-state index contributed by atoms with van der Waals surface area (Å²) in [6.07, 6.45) is -1.11. The Morgan fingerprint density at radius 2 is 1.74 bits per heavy atom. The van der Waals surface area contributed by atoms with Crippen LogP contribution in [0.15, 0.2) is 36.4 Å². The topological polar surface area (TPSA) is 29.5 Å². The van der Waals surface area contributed by atoms with Crippen LogP contribution in [0.2, 0.25) is 0 Å². The van der Waals surface area contributed by atoms with Gasteiger partial charge in [0.25, 0.3) is 0 Å². The van der Waals surface area contributed by atoms with Crippen molar-refractivity contribution in [3.05, 3.63) is 59.4 Å². The third-order valence-electron chi connectivity index (χ3n) is 2.54. The Bertz CT molecular complexity index is 597. The zero-order valence-electron chi connectivity index (χ0n) is 10.0. The van der Waals surface area contributed by atoms with Gasteiger partial charge >= 0.3 is 0 Å². The molecule has 0 radical (unpaired) electrons. The lowest BCUT2D eigenvalue weighted by molar-refractivity contribution is 0.190. The van der Waals surface area contributed by atoms with Gasteiger partial charge < -0.3 is 9.84 Å². The van der Waals surface area contributed by atoms with E-state index < -0.39 is 23.6 Å². The molecule has 0 unspecified atom stereocenters. The average molecular weight is 268 g/mol. The summed E-state index contributed by atoms with van der Waals surface area (Å²) in [4.78, 5) is 0. The van der Waals surface area contributed by atoms with Crippen molar-refractivity contribution >= 4 is 0 Å². The maximum absolute atomic E-state index is 13.6. The van der Waals surface area contributed by atoms with Gasteiger partial charge in [-0.15, -0.1) is 0 Å². The van der Waals surface area contributed by atoms with Crippen molar-refractivity contribution in [2.24, 2.45) is 0 Å². The van der Waals surface area contributed by atoms with E-state index in [4.69, 9.17) is 4.74 Å². The first-order valence-electron chi connectivity index (χ1n) is 5.58. The third-order valence-corrected chi connectivity index (χ3v) is 2.54. The molecule has 19 heavy (non-hydrogen) atoms. The second-order valence-corrected chi connectivity index (χ2v) is 4.00. The molecule has 2 aromatic rings. The Kier molecular flexibility index (Phi) is 3.76. The van der Waals surface area contributed by atoms with Crippen molar-refractivity contribution in [2.45, 2.75) is 13.0 Å². The van der Waals surface area contributed by atoms with Gasteiger partial charge in [-0.3, -0.25) is 0 Å². The maximum Gasteiger partial charge on any atom is 0.168 e. The molecule has 1 atom stereocenters. The fourth-order valence-corrected chi connectivity index (χ4v) is 1.69. The Labute approximate surface area is 108 Å². The highest BCUT2D eigenvalue weighted by Gasteiger charge is 2.16. The van der Waals surface area contributed by atoms with E-state index in [0.717, 1.165) is 18.2 Å². The summed E-state index contributed by atoms with van der Waals surface area (Å²) in [5.74, 6) is -2.55. The van der Waals surface area contributed by atoms with Crippen LogP contribution in [0.5, 0.6) is 11.5 Å². The highest BCUT2D eigenvalue weighted by molar-refractivity contribution is 5.40. The lowest BCUT2D eigenvalue weighted by Gasteiger charge is -2.14. The fourth-order valence-electron chi connectivity index (χ4n) is 1.69. The van der Waals surface area contributed by atoms with E-state index in [9.17, 15) is 18.3 Å². The number of aliphatic hydroxyl groups excluding tert-OH is 1. The van der Waals surface area contributed by atoms with Crippen LogP contribution in [0.3, 0.4) is 0 Å². The average Bonchev–Trinajstić information content (AvgIpc) is 2.32. The van der Waals surface area contributed by atoms with Crippen LogP contribution >= 0.6 is 0 Å². The van der Waals surface area contributed by atoms with Gasteiger partial charge in [0.05, 0.1) is 11.7 Å². The van der Waals surface area contributed by atoms with Gasteiger partial charge in [0.2, 0.25) is 0 Å². The maximum atomic E-state index is 13.6. The number of rotatable bonds is 3. The number of aliphatic hydroxyl groups is 1. The monoisotopic (exact) mass is 268 g/mol. The largest absolute Gasteiger partial charge is 0.454 e. The van der Waals surface area contributed by atoms with Crippen LogP contribution < -0.4 is 4.74 Å². The lowest BCUT2D eigenvalue weighted by atomic mass is 10.1. The Hall–Kier alpha value is -2.01. The molecule has 0 saturated heterocycles. The summed E-state index contributed by atoms with van der Waals surface area (Å²) in [5, 5.41) is 9.50. The van der Waals surface area contributed by atoms with E-state index in [-0.39, 0.29) is 17.1 Å². The fraction of sp³-hybridized carbons (Fsp3) is 0.143. The first kappa shape index (κ1) is 13.4. The van der Waals surface area contributed by atoms with E-state index in [2.05, 4.69) is 0 Å². The second kappa shape index (κ2) is 5.32. The molecule has 0 amide bonds. The quantitative estimate of drug-likeness (QED) is 0.913. The summed E-state index contributed by atoms with van der Waals surface area (Å²) < 4.78 is 45.0. The standard InChI is InChI=1S/C14H11F3O2/c1-8(18)14-10(16)3-2-4-13(14)19-12-6-5-9(15)7-11(12)17/h2-8,18H,1H3/t8-/m1/s1. The summed E-state index contributed by atoms with van der Waals surface area (Å²) in [6.45, 7) is 1.37. The minimum absolute atomic E-state index is 0.0134. The molecule has 0 aliphatic carbocycles. The minimum atomic E-state index is -1.11. The molecule has 0 aliphatic rings. The highest BCUT2D eigenvalue weighted by Crippen LogP contribution is 2.32. The van der Waals surface area contributed by atoms with E-state index in [0.29, 0.717) is 6.07 Å². The van der Waals surface area contributed by atoms with Gasteiger partial charge in [0, 0.05) is 6.07 Å². The molecule has 0 spiro atoms. The summed E-state index contributed by atoms with van der Waals surface area (Å²) in [5.41, 5.74) is -0.0776. The van der Waals surface area contributed by atoms with Crippen molar-refractivity contribution in [3.8, 4) is 11.5 Å². The van der Waals surface area contributed by atoms with Crippen LogP contribution in [-0.4, -0.2) is 5.11 Å². The smallest absolute Gasteiger partial charge is 0.168 e. The molecule has 2 aromatic carbocycles. The molecule has 0 aromatic heterocycles. The van der Waals surface area contributed by atoms with E-state index in [1.54, 1.807) is 0 Å². The molecule has 0 bridgehead atoms. The Balaban J connectivity index is 2.41. The molecule has 0 saturated carbocycles. The van der Waals surface area contributed by atoms with Gasteiger partial charge in [-0.05, 0) is 31.2 Å². The predicted molar refractivity (Wildman–Crippen MR) is 63.5 cm³/mol. The van der Waals surface area contributed by atoms with Crippen LogP contribution in [0, 0.1) is 17.5 Å². The third kappa shape index (κ3) is 2.88. The summed E-state index contributed by atoms with van der Waals surface area (Å²) >= 11 is 0. The zero-order valence-corrected chi connectivity index (χ0v) is 10.0. The van der Waals surface area contributed by atoms with Crippen molar-refractivity contribution < 1.29 is 23.0 Å². The Morgan fingerprint density at radius 3 is 2.37 bits per heavy atom. The van der Waals surface area contributed by atoms with Gasteiger partial charge in [-0.2, -0.15) is 0 Å². The molecule has 100 valence electrons. The van der Waals surface area contributed by atoms with Crippen molar-refractivity contribution in [3.63, 3.8) is 0 Å². The van der Waals surface area contributed by atoms with Gasteiger partial charge in [-0.1, -0.05) is 6.07 Å². The Morgan fingerprint density at radius 1 is 1.00 bits per heavy atom. The SMILES string of the molecule is C[C@@H](O)c1c(F)cccc1Oc1ccc(F)cc1F. The van der Waals surface area contributed by atoms with Crippen LogP contribution in [0.25, 0.3) is 0 Å². The molecule has 2 nitrogen and oxygen atoms in total. The molecule has 5 heteroatoms. The second-order valence-electron chi connectivity index (χ2n) is 4.00. The first-order chi connectivity index (χ1) is 8.99. The van der Waals surface area contributed by atoms with Crippen LogP contribution in [-0.2, 0) is 0 Å². The molecule has 2 rings (SSSR count). The molecule has 1 N–H and O–H groups in total. The lowest BCUT2D eigenvalue weighted by Crippen LogP contribution is -2.00. The van der Waals surface area contributed by atoms with Crippen molar-refractivity contribution in [2.75, 3.05) is 0 Å². The van der Waals surface area contributed by atoms with Crippen molar-refractivity contribution in [1.82, 2.24) is 0 Å². The number of hydrogen-bond donors (Lipinski definition) is 1. The normalized spacial score (nSPS) is 12.3. The van der Waals surface area contributed by atoms with Crippen molar-refractivity contribution in [1.29, 1.82) is 0 Å². The zero-order chi connectivity index (χ0) is 14.0. The highest BCUT2D eigenvalue weighted by atomic mass is 19.1. The number of hydrogen-bond acceptors (Lipinski definition) is 2.